The van der Waals surface area contributed by atoms with Gasteiger partial charge in [-0.2, -0.15) is 0 Å². The highest BCUT2D eigenvalue weighted by Crippen LogP contribution is 2.40. The molecule has 1 aromatic heterocycles. The summed E-state index contributed by atoms with van der Waals surface area (Å²) >= 11 is 0. The Morgan fingerprint density at radius 2 is 2.00 bits per heavy atom. The summed E-state index contributed by atoms with van der Waals surface area (Å²) in [4.78, 5) is 13.1. The molecule has 27 heavy (non-hydrogen) atoms. The normalized spacial score (nSPS) is 15.4. The van der Waals surface area contributed by atoms with Crippen molar-refractivity contribution < 1.29 is 4.39 Å². The summed E-state index contributed by atoms with van der Waals surface area (Å²) in [7, 11) is 0. The van der Waals surface area contributed by atoms with Gasteiger partial charge in [-0.1, -0.05) is 26.5 Å². The zero-order valence-electron chi connectivity index (χ0n) is 16.5. The van der Waals surface area contributed by atoms with Gasteiger partial charge in [-0.15, -0.1) is 0 Å². The predicted octanol–water partition coefficient (Wildman–Crippen LogP) is 6.13. The molecule has 0 radical (unpaired) electrons. The van der Waals surface area contributed by atoms with E-state index < -0.39 is 0 Å². The van der Waals surface area contributed by atoms with Gasteiger partial charge in [0.15, 0.2) is 0 Å². The van der Waals surface area contributed by atoms with Crippen LogP contribution in [0, 0.1) is 5.82 Å². The average Bonchev–Trinajstić information content (AvgIpc) is 3.46. The number of allylic oxidation sites excluding steroid dienone is 4. The molecule has 1 aromatic carbocycles. The second-order valence-electron chi connectivity index (χ2n) is 6.18. The van der Waals surface area contributed by atoms with Gasteiger partial charge in [-0.3, -0.25) is 9.98 Å². The second-order valence-corrected chi connectivity index (χ2v) is 6.18. The Morgan fingerprint density at radius 3 is 2.59 bits per heavy atom. The molecule has 4 nitrogen and oxygen atoms in total. The van der Waals surface area contributed by atoms with Gasteiger partial charge in [0, 0.05) is 24.2 Å². The minimum atomic E-state index is -0.261. The van der Waals surface area contributed by atoms with E-state index >= 15 is 0 Å². The lowest BCUT2D eigenvalue weighted by atomic mass is 10.2. The third kappa shape index (κ3) is 4.67. The Morgan fingerprint density at radius 1 is 1.30 bits per heavy atom. The maximum Gasteiger partial charge on any atom is 0.144 e. The first-order chi connectivity index (χ1) is 13.0. The molecule has 0 unspecified atom stereocenters. The zero-order chi connectivity index (χ0) is 20.0. The van der Waals surface area contributed by atoms with E-state index in [1.807, 2.05) is 27.7 Å². The van der Waals surface area contributed by atoms with Crippen LogP contribution in [0.1, 0.15) is 52.4 Å². The van der Waals surface area contributed by atoms with Crippen molar-refractivity contribution in [2.45, 2.75) is 46.6 Å². The Hall–Kier alpha value is -2.82. The van der Waals surface area contributed by atoms with Gasteiger partial charge in [0.1, 0.15) is 11.6 Å². The van der Waals surface area contributed by atoms with Crippen molar-refractivity contribution in [2.24, 2.45) is 9.98 Å². The number of hydrogen-bond donors (Lipinski definition) is 0. The summed E-state index contributed by atoms with van der Waals surface area (Å²) in [6.45, 7) is 15.1. The van der Waals surface area contributed by atoms with Crippen LogP contribution in [0.3, 0.4) is 0 Å². The molecule has 0 saturated heterocycles. The number of hydrogen-bond acceptors (Lipinski definition) is 3. The predicted molar refractivity (Wildman–Crippen MR) is 114 cm³/mol. The van der Waals surface area contributed by atoms with Crippen molar-refractivity contribution in [3.63, 3.8) is 0 Å². The van der Waals surface area contributed by atoms with Gasteiger partial charge in [-0.25, -0.2) is 9.37 Å². The van der Waals surface area contributed by atoms with E-state index in [1.165, 1.54) is 12.1 Å². The number of imidazole rings is 1. The van der Waals surface area contributed by atoms with E-state index in [4.69, 9.17) is 4.98 Å². The van der Waals surface area contributed by atoms with E-state index in [0.717, 1.165) is 46.5 Å². The fourth-order valence-corrected chi connectivity index (χ4v) is 2.64. The molecule has 5 heteroatoms. The maximum absolute atomic E-state index is 13.7. The summed E-state index contributed by atoms with van der Waals surface area (Å²) in [6.07, 6.45) is 7.33. The lowest BCUT2D eigenvalue weighted by Crippen LogP contribution is -2.03. The minimum Gasteiger partial charge on any atom is -0.321 e. The van der Waals surface area contributed by atoms with Crippen molar-refractivity contribution in [1.29, 1.82) is 0 Å². The van der Waals surface area contributed by atoms with E-state index in [9.17, 15) is 4.39 Å². The topological polar surface area (TPSA) is 42.5 Å². The largest absolute Gasteiger partial charge is 0.321 e. The molecular formula is C22H27FN4. The van der Waals surface area contributed by atoms with E-state index in [1.54, 1.807) is 24.6 Å². The highest BCUT2D eigenvalue weighted by atomic mass is 19.1. The second kappa shape index (κ2) is 9.21. The molecule has 1 aliphatic rings. The third-order valence-corrected chi connectivity index (χ3v) is 4.24. The fraction of sp³-hybridized carbons (Fsp3) is 0.318. The van der Waals surface area contributed by atoms with E-state index in [-0.39, 0.29) is 5.82 Å². The van der Waals surface area contributed by atoms with Gasteiger partial charge in [0.05, 0.1) is 16.6 Å². The molecule has 0 atom stereocenters. The SMILES string of the molecule is C=C/C(C)=C/N=C\C(=C(/C)N=C)c1nc2ccc(F)cc2n1C1CC1.CC. The van der Waals surface area contributed by atoms with Crippen molar-refractivity contribution in [3.8, 4) is 0 Å². The molecule has 1 aliphatic carbocycles. The number of rotatable bonds is 6. The summed E-state index contributed by atoms with van der Waals surface area (Å²) < 4.78 is 15.8. The summed E-state index contributed by atoms with van der Waals surface area (Å²) in [6, 6.07) is 5.02. The van der Waals surface area contributed by atoms with Crippen molar-refractivity contribution in [3.05, 3.63) is 60.0 Å². The highest BCUT2D eigenvalue weighted by molar-refractivity contribution is 6.10. The standard InChI is InChI=1S/C20H21FN4.C2H6/c1-5-13(2)11-23-12-17(14(3)22-4)20-24-18-9-6-15(21)10-19(18)25(20)16-7-8-16;1-2/h5-6,9-12,16H,1,4,7-8H2,2-3H3;1-2H3/b13-11+,17-14-,23-12-;. The van der Waals surface area contributed by atoms with Gasteiger partial charge in [0.2, 0.25) is 0 Å². The molecule has 142 valence electrons. The molecule has 1 fully saturated rings. The van der Waals surface area contributed by atoms with Crippen LogP contribution in [0.5, 0.6) is 0 Å². The summed E-state index contributed by atoms with van der Waals surface area (Å²) in [5.74, 6) is 0.490. The Labute approximate surface area is 160 Å². The van der Waals surface area contributed by atoms with Gasteiger partial charge in [-0.05, 0) is 57.2 Å². The number of aliphatic imine (C=N–C) groups is 2. The van der Waals surface area contributed by atoms with Crippen LogP contribution in [0.25, 0.3) is 16.6 Å². The minimum absolute atomic E-state index is 0.261. The lowest BCUT2D eigenvalue weighted by molar-refractivity contribution is 0.628. The Balaban J connectivity index is 0.00000126. The molecule has 0 amide bonds. The number of benzene rings is 1. The molecule has 0 aliphatic heterocycles. The zero-order valence-corrected chi connectivity index (χ0v) is 16.5. The molecular weight excluding hydrogens is 339 g/mol. The smallest absolute Gasteiger partial charge is 0.144 e. The van der Waals surface area contributed by atoms with E-state index in [0.29, 0.717) is 6.04 Å². The van der Waals surface area contributed by atoms with Gasteiger partial charge >= 0.3 is 0 Å². The summed E-state index contributed by atoms with van der Waals surface area (Å²) in [5.41, 5.74) is 4.04. The first-order valence-electron chi connectivity index (χ1n) is 9.23. The Kier molecular flexibility index (Phi) is 6.99. The van der Waals surface area contributed by atoms with E-state index in [2.05, 4.69) is 27.8 Å². The number of aromatic nitrogens is 2. The number of fused-ring (bicyclic) bond motifs is 1. The van der Waals surface area contributed by atoms with Crippen molar-refractivity contribution in [1.82, 2.24) is 9.55 Å². The quantitative estimate of drug-likeness (QED) is 0.448. The van der Waals surface area contributed by atoms with Crippen LogP contribution in [0.2, 0.25) is 0 Å². The lowest BCUT2D eigenvalue weighted by Gasteiger charge is -2.09. The molecule has 0 N–H and O–H groups in total. The molecule has 1 saturated carbocycles. The number of halogens is 1. The average molecular weight is 366 g/mol. The highest BCUT2D eigenvalue weighted by Gasteiger charge is 2.29. The molecule has 1 heterocycles. The van der Waals surface area contributed by atoms with Crippen LogP contribution >= 0.6 is 0 Å². The molecule has 0 bridgehead atoms. The monoisotopic (exact) mass is 366 g/mol. The van der Waals surface area contributed by atoms with Crippen LogP contribution in [0.15, 0.2) is 58.3 Å². The summed E-state index contributed by atoms with van der Waals surface area (Å²) in [5, 5.41) is 0. The molecule has 3 rings (SSSR count). The molecule has 2 aromatic rings. The van der Waals surface area contributed by atoms with Crippen LogP contribution in [0.4, 0.5) is 4.39 Å². The van der Waals surface area contributed by atoms with Crippen LogP contribution in [-0.4, -0.2) is 22.5 Å². The fourth-order valence-electron chi connectivity index (χ4n) is 2.64. The molecule has 0 spiro atoms. The van der Waals surface area contributed by atoms with Gasteiger partial charge in [0.25, 0.3) is 0 Å². The van der Waals surface area contributed by atoms with Crippen LogP contribution in [-0.2, 0) is 0 Å². The van der Waals surface area contributed by atoms with Crippen LogP contribution < -0.4 is 0 Å². The number of nitrogens with zero attached hydrogens (tertiary/aromatic N) is 4. The van der Waals surface area contributed by atoms with Crippen molar-refractivity contribution in [2.75, 3.05) is 0 Å². The Bertz CT molecular complexity index is 927. The third-order valence-electron chi connectivity index (χ3n) is 4.24. The first-order valence-corrected chi connectivity index (χ1v) is 9.23. The maximum atomic E-state index is 13.7. The van der Waals surface area contributed by atoms with Crippen molar-refractivity contribution >= 4 is 29.5 Å². The first kappa shape index (κ1) is 20.5. The van der Waals surface area contributed by atoms with Gasteiger partial charge < -0.3 is 4.57 Å².